The smallest absolute Gasteiger partial charge is 0.194 e. The summed E-state index contributed by atoms with van der Waals surface area (Å²) in [7, 11) is 1.57. The van der Waals surface area contributed by atoms with Crippen LogP contribution in [0.2, 0.25) is 0 Å². The predicted molar refractivity (Wildman–Crippen MR) is 75.6 cm³/mol. The summed E-state index contributed by atoms with van der Waals surface area (Å²) in [5.74, 6) is 2.77. The van der Waals surface area contributed by atoms with Crippen LogP contribution in [0.5, 0.6) is 5.75 Å². The first-order valence-electron chi connectivity index (χ1n) is 6.30. The molecule has 0 aliphatic carbocycles. The summed E-state index contributed by atoms with van der Waals surface area (Å²) in [5.41, 5.74) is 0.607. The molecule has 4 nitrogen and oxygen atoms in total. The number of aryl methyl sites for hydroxylation is 1. The van der Waals surface area contributed by atoms with Crippen molar-refractivity contribution in [1.29, 1.82) is 0 Å². The van der Waals surface area contributed by atoms with Crippen LogP contribution >= 0.6 is 11.8 Å². The number of carbonyl (C=O) groups is 1. The van der Waals surface area contributed by atoms with Gasteiger partial charge in [-0.2, -0.15) is 16.9 Å². The van der Waals surface area contributed by atoms with E-state index < -0.39 is 0 Å². The Morgan fingerprint density at radius 2 is 2.28 bits per heavy atom. The molecule has 0 fully saturated rings. The van der Waals surface area contributed by atoms with Crippen LogP contribution in [0.3, 0.4) is 0 Å². The topological polar surface area (TPSA) is 44.1 Å². The molecule has 0 spiro atoms. The minimum absolute atomic E-state index is 0.100. The highest BCUT2D eigenvalue weighted by molar-refractivity contribution is 7.99. The van der Waals surface area contributed by atoms with Gasteiger partial charge in [0.2, 0.25) is 0 Å². The van der Waals surface area contributed by atoms with E-state index >= 15 is 0 Å². The van der Waals surface area contributed by atoms with Crippen molar-refractivity contribution in [3.05, 3.63) is 11.9 Å². The second-order valence-corrected chi connectivity index (χ2v) is 5.65. The van der Waals surface area contributed by atoms with Crippen LogP contribution in [0.15, 0.2) is 6.20 Å². The number of nitrogens with zero attached hydrogens (tertiary/aromatic N) is 2. The second-order valence-electron chi connectivity index (χ2n) is 4.62. The standard InChI is InChI=1S/C13H22N2O2S/c1-5-6-15-13(12(17-4)7-14-15)11(16)9-18-8-10(2)3/h7,10H,5-6,8-9H2,1-4H3. The third-order valence-electron chi connectivity index (χ3n) is 2.41. The maximum atomic E-state index is 12.2. The molecule has 5 heteroatoms. The Bertz CT molecular complexity index is 388. The zero-order valence-corrected chi connectivity index (χ0v) is 12.4. The summed E-state index contributed by atoms with van der Waals surface area (Å²) in [4.78, 5) is 12.2. The Labute approximate surface area is 113 Å². The molecule has 0 saturated heterocycles. The summed E-state index contributed by atoms with van der Waals surface area (Å²) < 4.78 is 6.95. The molecular formula is C13H22N2O2S. The Balaban J connectivity index is 2.72. The lowest BCUT2D eigenvalue weighted by molar-refractivity contribution is 0.100. The van der Waals surface area contributed by atoms with Gasteiger partial charge in [0.05, 0.1) is 19.1 Å². The van der Waals surface area contributed by atoms with Crippen LogP contribution in [0, 0.1) is 5.92 Å². The zero-order chi connectivity index (χ0) is 13.5. The first-order valence-corrected chi connectivity index (χ1v) is 7.46. The van der Waals surface area contributed by atoms with Crippen LogP contribution in [-0.2, 0) is 6.54 Å². The molecule has 102 valence electrons. The minimum atomic E-state index is 0.100. The van der Waals surface area contributed by atoms with Crippen molar-refractivity contribution in [2.75, 3.05) is 18.6 Å². The number of hydrogen-bond donors (Lipinski definition) is 0. The number of Topliss-reactive ketones (excluding diaryl/α,β-unsaturated/α-hetero) is 1. The molecule has 1 aromatic rings. The largest absolute Gasteiger partial charge is 0.493 e. The molecular weight excluding hydrogens is 248 g/mol. The SMILES string of the molecule is CCCn1ncc(OC)c1C(=O)CSCC(C)C. The van der Waals surface area contributed by atoms with Crippen molar-refractivity contribution in [3.63, 3.8) is 0 Å². The van der Waals surface area contributed by atoms with Crippen molar-refractivity contribution in [2.24, 2.45) is 5.92 Å². The predicted octanol–water partition coefficient (Wildman–Crippen LogP) is 2.87. The van der Waals surface area contributed by atoms with E-state index in [0.717, 1.165) is 18.7 Å². The number of rotatable bonds is 8. The number of thioether (sulfide) groups is 1. The molecule has 0 N–H and O–H groups in total. The Hall–Kier alpha value is -0.970. The number of carbonyl (C=O) groups excluding carboxylic acids is 1. The van der Waals surface area contributed by atoms with E-state index in [1.54, 1.807) is 29.8 Å². The molecule has 1 heterocycles. The zero-order valence-electron chi connectivity index (χ0n) is 11.6. The van der Waals surface area contributed by atoms with E-state index in [2.05, 4.69) is 25.9 Å². The Morgan fingerprint density at radius 1 is 1.56 bits per heavy atom. The van der Waals surface area contributed by atoms with Gasteiger partial charge in [0, 0.05) is 6.54 Å². The van der Waals surface area contributed by atoms with Crippen LogP contribution in [0.1, 0.15) is 37.7 Å². The number of hydrogen-bond acceptors (Lipinski definition) is 4. The van der Waals surface area contributed by atoms with Gasteiger partial charge in [-0.3, -0.25) is 9.48 Å². The summed E-state index contributed by atoms with van der Waals surface area (Å²) in [6, 6.07) is 0. The quantitative estimate of drug-likeness (QED) is 0.681. The fourth-order valence-electron chi connectivity index (χ4n) is 1.64. The van der Waals surface area contributed by atoms with Gasteiger partial charge in [-0.15, -0.1) is 0 Å². The molecule has 0 aromatic carbocycles. The highest BCUT2D eigenvalue weighted by atomic mass is 32.2. The monoisotopic (exact) mass is 270 g/mol. The molecule has 0 aliphatic rings. The summed E-state index contributed by atoms with van der Waals surface area (Å²) in [5, 5.41) is 4.20. The Morgan fingerprint density at radius 3 is 2.83 bits per heavy atom. The van der Waals surface area contributed by atoms with E-state index in [9.17, 15) is 4.79 Å². The average molecular weight is 270 g/mol. The normalized spacial score (nSPS) is 10.9. The van der Waals surface area contributed by atoms with Crippen molar-refractivity contribution in [1.82, 2.24) is 9.78 Å². The van der Waals surface area contributed by atoms with E-state index in [0.29, 0.717) is 23.1 Å². The van der Waals surface area contributed by atoms with Crippen molar-refractivity contribution >= 4 is 17.5 Å². The van der Waals surface area contributed by atoms with Gasteiger partial charge in [-0.1, -0.05) is 20.8 Å². The van der Waals surface area contributed by atoms with Crippen molar-refractivity contribution < 1.29 is 9.53 Å². The van der Waals surface area contributed by atoms with Gasteiger partial charge < -0.3 is 4.74 Å². The fraction of sp³-hybridized carbons (Fsp3) is 0.692. The minimum Gasteiger partial charge on any atom is -0.493 e. The van der Waals surface area contributed by atoms with E-state index in [4.69, 9.17) is 4.74 Å². The number of methoxy groups -OCH3 is 1. The number of ketones is 1. The van der Waals surface area contributed by atoms with Gasteiger partial charge in [0.1, 0.15) is 5.69 Å². The average Bonchev–Trinajstić information content (AvgIpc) is 2.72. The van der Waals surface area contributed by atoms with Gasteiger partial charge in [0.25, 0.3) is 0 Å². The van der Waals surface area contributed by atoms with E-state index in [-0.39, 0.29) is 5.78 Å². The van der Waals surface area contributed by atoms with Crippen LogP contribution in [0.4, 0.5) is 0 Å². The van der Waals surface area contributed by atoms with Gasteiger partial charge in [-0.25, -0.2) is 0 Å². The molecule has 0 atom stereocenters. The van der Waals surface area contributed by atoms with Crippen LogP contribution < -0.4 is 4.74 Å². The second kappa shape index (κ2) is 7.46. The van der Waals surface area contributed by atoms with Gasteiger partial charge in [0.15, 0.2) is 11.5 Å². The van der Waals surface area contributed by atoms with Crippen LogP contribution in [-0.4, -0.2) is 34.2 Å². The molecule has 0 unspecified atom stereocenters. The number of ether oxygens (including phenoxy) is 1. The van der Waals surface area contributed by atoms with Crippen LogP contribution in [0.25, 0.3) is 0 Å². The molecule has 0 saturated carbocycles. The summed E-state index contributed by atoms with van der Waals surface area (Å²) in [6.07, 6.45) is 2.57. The molecule has 0 aliphatic heterocycles. The summed E-state index contributed by atoms with van der Waals surface area (Å²) >= 11 is 1.67. The Kier molecular flexibility index (Phi) is 6.25. The first-order chi connectivity index (χ1) is 8.60. The first kappa shape index (κ1) is 15.1. The highest BCUT2D eigenvalue weighted by Gasteiger charge is 2.18. The van der Waals surface area contributed by atoms with Crippen molar-refractivity contribution in [2.45, 2.75) is 33.7 Å². The van der Waals surface area contributed by atoms with E-state index in [1.165, 1.54) is 0 Å². The molecule has 1 rings (SSSR count). The molecule has 0 bridgehead atoms. The molecule has 0 amide bonds. The molecule has 18 heavy (non-hydrogen) atoms. The molecule has 0 radical (unpaired) electrons. The third kappa shape index (κ3) is 4.05. The lowest BCUT2D eigenvalue weighted by Crippen LogP contribution is -2.14. The molecule has 1 aromatic heterocycles. The maximum absolute atomic E-state index is 12.2. The number of aromatic nitrogens is 2. The fourth-order valence-corrected chi connectivity index (χ4v) is 2.55. The van der Waals surface area contributed by atoms with Gasteiger partial charge >= 0.3 is 0 Å². The summed E-state index contributed by atoms with van der Waals surface area (Å²) in [6.45, 7) is 7.12. The van der Waals surface area contributed by atoms with Crippen molar-refractivity contribution in [3.8, 4) is 5.75 Å². The lowest BCUT2D eigenvalue weighted by Gasteiger charge is -2.08. The van der Waals surface area contributed by atoms with Gasteiger partial charge in [-0.05, 0) is 18.1 Å². The highest BCUT2D eigenvalue weighted by Crippen LogP contribution is 2.20. The van der Waals surface area contributed by atoms with E-state index in [1.807, 2.05) is 0 Å². The maximum Gasteiger partial charge on any atom is 0.194 e. The third-order valence-corrected chi connectivity index (χ3v) is 3.78. The lowest BCUT2D eigenvalue weighted by atomic mass is 10.3.